The highest BCUT2D eigenvalue weighted by atomic mass is 35.5. The minimum atomic E-state index is -0.112. The maximum Gasteiger partial charge on any atom is 0.257 e. The molecule has 0 N–H and O–H groups in total. The summed E-state index contributed by atoms with van der Waals surface area (Å²) in [7, 11) is 0. The Hall–Kier alpha value is -2.99. The number of hydrazone groups is 1. The second-order valence-corrected chi connectivity index (χ2v) is 9.34. The van der Waals surface area contributed by atoms with E-state index in [2.05, 4.69) is 46.2 Å². The Morgan fingerprint density at radius 1 is 0.824 bits per heavy atom. The number of benzene rings is 3. The Morgan fingerprint density at radius 2 is 1.44 bits per heavy atom. The number of piperazine rings is 1. The Labute approximate surface area is 206 Å². The van der Waals surface area contributed by atoms with Gasteiger partial charge in [0.25, 0.3) is 5.91 Å². The third kappa shape index (κ3) is 5.22. The first-order valence-corrected chi connectivity index (χ1v) is 12.2. The van der Waals surface area contributed by atoms with Crippen molar-refractivity contribution in [2.24, 2.45) is 5.10 Å². The minimum Gasteiger partial charge on any atom is -0.297 e. The second-order valence-electron chi connectivity index (χ2n) is 8.93. The van der Waals surface area contributed by atoms with Crippen LogP contribution in [-0.4, -0.2) is 59.2 Å². The van der Waals surface area contributed by atoms with Crippen molar-refractivity contribution in [2.45, 2.75) is 19.0 Å². The smallest absolute Gasteiger partial charge is 0.257 e. The van der Waals surface area contributed by atoms with Crippen LogP contribution >= 0.6 is 11.6 Å². The lowest BCUT2D eigenvalue weighted by Crippen LogP contribution is -2.49. The first-order valence-electron chi connectivity index (χ1n) is 11.9. The molecule has 0 radical (unpaired) electrons. The molecular formula is C28H29ClN4O. The van der Waals surface area contributed by atoms with Crippen molar-refractivity contribution in [3.05, 3.63) is 107 Å². The first-order chi connectivity index (χ1) is 16.7. The van der Waals surface area contributed by atoms with Gasteiger partial charge in [0.1, 0.15) is 0 Å². The summed E-state index contributed by atoms with van der Waals surface area (Å²) in [6.07, 6.45) is 0.657. The zero-order valence-corrected chi connectivity index (χ0v) is 19.9. The average molecular weight is 473 g/mol. The van der Waals surface area contributed by atoms with E-state index < -0.39 is 0 Å². The van der Waals surface area contributed by atoms with Gasteiger partial charge in [-0.15, -0.1) is 0 Å². The second kappa shape index (κ2) is 10.5. The fourth-order valence-electron chi connectivity index (χ4n) is 4.74. The zero-order chi connectivity index (χ0) is 23.3. The van der Waals surface area contributed by atoms with Crippen LogP contribution in [0.4, 0.5) is 0 Å². The molecule has 0 spiro atoms. The molecule has 1 amide bonds. The van der Waals surface area contributed by atoms with Crippen LogP contribution in [0.5, 0.6) is 0 Å². The van der Waals surface area contributed by atoms with Crippen LogP contribution in [0.2, 0.25) is 5.02 Å². The van der Waals surface area contributed by atoms with Gasteiger partial charge in [0.15, 0.2) is 0 Å². The highest BCUT2D eigenvalue weighted by Crippen LogP contribution is 2.34. The van der Waals surface area contributed by atoms with E-state index in [-0.39, 0.29) is 11.9 Å². The third-order valence-electron chi connectivity index (χ3n) is 6.61. The van der Waals surface area contributed by atoms with Gasteiger partial charge < -0.3 is 0 Å². The molecule has 1 saturated heterocycles. The number of hydrogen-bond acceptors (Lipinski definition) is 4. The van der Waals surface area contributed by atoms with Gasteiger partial charge in [-0.05, 0) is 17.2 Å². The number of rotatable bonds is 6. The monoisotopic (exact) mass is 472 g/mol. The quantitative estimate of drug-likeness (QED) is 0.515. The van der Waals surface area contributed by atoms with E-state index in [0.29, 0.717) is 18.0 Å². The molecule has 0 saturated carbocycles. The van der Waals surface area contributed by atoms with E-state index in [4.69, 9.17) is 16.7 Å². The molecule has 0 aliphatic carbocycles. The molecule has 174 valence electrons. The van der Waals surface area contributed by atoms with Gasteiger partial charge in [-0.2, -0.15) is 5.10 Å². The number of nitrogens with zero attached hydrogens (tertiary/aromatic N) is 4. The van der Waals surface area contributed by atoms with Crippen molar-refractivity contribution < 1.29 is 4.79 Å². The van der Waals surface area contributed by atoms with Gasteiger partial charge in [-0.1, -0.05) is 90.5 Å². The number of halogens is 1. The Bertz CT molecular complexity index is 1140. The van der Waals surface area contributed by atoms with E-state index in [0.717, 1.165) is 49.6 Å². The summed E-state index contributed by atoms with van der Waals surface area (Å²) >= 11 is 6.46. The summed E-state index contributed by atoms with van der Waals surface area (Å²) in [4.78, 5) is 18.2. The molecule has 6 heteroatoms. The molecule has 2 aliphatic rings. The summed E-state index contributed by atoms with van der Waals surface area (Å²) in [5.41, 5.74) is 4.18. The molecule has 0 bridgehead atoms. The van der Waals surface area contributed by atoms with E-state index in [1.807, 2.05) is 48.5 Å². The summed E-state index contributed by atoms with van der Waals surface area (Å²) in [6, 6.07) is 28.3. The molecule has 3 aromatic carbocycles. The molecule has 2 heterocycles. The fourth-order valence-corrected chi connectivity index (χ4v) is 4.99. The molecule has 0 aromatic heterocycles. The van der Waals surface area contributed by atoms with Crippen molar-refractivity contribution in [2.75, 3.05) is 32.7 Å². The Morgan fingerprint density at radius 3 is 2.15 bits per heavy atom. The zero-order valence-electron chi connectivity index (χ0n) is 19.2. The molecule has 1 fully saturated rings. The molecule has 1 atom stereocenters. The van der Waals surface area contributed by atoms with Gasteiger partial charge in [-0.25, -0.2) is 5.01 Å². The number of carbonyl (C=O) groups excluding carboxylic acids is 1. The summed E-state index contributed by atoms with van der Waals surface area (Å²) in [5.74, 6) is 0.0346. The SMILES string of the molecule is O=C(CN1CCN(Cc2ccccc2)CC1)N1N=C(c2ccccc2Cl)CC1c1ccccc1. The summed E-state index contributed by atoms with van der Waals surface area (Å²) < 4.78 is 0. The predicted octanol–water partition coefficient (Wildman–Crippen LogP) is 4.84. The van der Waals surface area contributed by atoms with Gasteiger partial charge in [0.2, 0.25) is 0 Å². The lowest BCUT2D eigenvalue weighted by atomic mass is 9.98. The molecule has 5 rings (SSSR count). The highest BCUT2D eigenvalue weighted by Gasteiger charge is 2.34. The van der Waals surface area contributed by atoms with Gasteiger partial charge in [0.05, 0.1) is 18.3 Å². The number of carbonyl (C=O) groups is 1. The van der Waals surface area contributed by atoms with Crippen LogP contribution in [0, 0.1) is 0 Å². The van der Waals surface area contributed by atoms with Crippen LogP contribution in [-0.2, 0) is 11.3 Å². The third-order valence-corrected chi connectivity index (χ3v) is 6.94. The molecule has 2 aliphatic heterocycles. The Balaban J connectivity index is 1.26. The summed E-state index contributed by atoms with van der Waals surface area (Å²) in [6.45, 7) is 5.00. The molecular weight excluding hydrogens is 444 g/mol. The maximum atomic E-state index is 13.5. The topological polar surface area (TPSA) is 39.2 Å². The van der Waals surface area contributed by atoms with Crippen molar-refractivity contribution in [3.63, 3.8) is 0 Å². The molecule has 1 unspecified atom stereocenters. The van der Waals surface area contributed by atoms with E-state index >= 15 is 0 Å². The first kappa shape index (κ1) is 22.8. The van der Waals surface area contributed by atoms with Crippen LogP contribution in [0.1, 0.15) is 29.2 Å². The normalized spacial score (nSPS) is 19.3. The lowest BCUT2D eigenvalue weighted by molar-refractivity contribution is -0.134. The number of amides is 1. The minimum absolute atomic E-state index is 0.0346. The molecule has 34 heavy (non-hydrogen) atoms. The van der Waals surface area contributed by atoms with Crippen molar-refractivity contribution in [1.29, 1.82) is 0 Å². The lowest BCUT2D eigenvalue weighted by Gasteiger charge is -2.35. The van der Waals surface area contributed by atoms with Crippen LogP contribution < -0.4 is 0 Å². The largest absolute Gasteiger partial charge is 0.297 e. The molecule has 3 aromatic rings. The van der Waals surface area contributed by atoms with E-state index in [1.54, 1.807) is 5.01 Å². The van der Waals surface area contributed by atoms with Crippen molar-refractivity contribution >= 4 is 23.2 Å². The van der Waals surface area contributed by atoms with Gasteiger partial charge in [0, 0.05) is 49.7 Å². The fraction of sp³-hybridized carbons (Fsp3) is 0.286. The number of hydrogen-bond donors (Lipinski definition) is 0. The average Bonchev–Trinajstić information content (AvgIpc) is 3.32. The van der Waals surface area contributed by atoms with Crippen molar-refractivity contribution in [1.82, 2.24) is 14.8 Å². The van der Waals surface area contributed by atoms with Crippen LogP contribution in [0.25, 0.3) is 0 Å². The highest BCUT2D eigenvalue weighted by molar-refractivity contribution is 6.34. The van der Waals surface area contributed by atoms with Crippen molar-refractivity contribution in [3.8, 4) is 0 Å². The summed E-state index contributed by atoms with van der Waals surface area (Å²) in [5, 5.41) is 7.14. The van der Waals surface area contributed by atoms with Gasteiger partial charge >= 0.3 is 0 Å². The van der Waals surface area contributed by atoms with Crippen LogP contribution in [0.15, 0.2) is 90.0 Å². The predicted molar refractivity (Wildman–Crippen MR) is 137 cm³/mol. The maximum absolute atomic E-state index is 13.5. The Kier molecular flexibility index (Phi) is 7.05. The van der Waals surface area contributed by atoms with Crippen LogP contribution in [0.3, 0.4) is 0 Å². The molecule has 5 nitrogen and oxygen atoms in total. The van der Waals surface area contributed by atoms with E-state index in [1.165, 1.54) is 5.56 Å². The van der Waals surface area contributed by atoms with E-state index in [9.17, 15) is 4.79 Å². The van der Waals surface area contributed by atoms with Gasteiger partial charge in [-0.3, -0.25) is 14.6 Å². The standard InChI is InChI=1S/C28H29ClN4O/c29-25-14-8-7-13-24(25)26-19-27(23-11-5-2-6-12-23)33(30-26)28(34)21-32-17-15-31(16-18-32)20-22-9-3-1-4-10-22/h1-14,27H,15-21H2.